The molecular weight excluding hydrogens is 302 g/mol. The molecule has 0 aliphatic carbocycles. The first-order valence-corrected chi connectivity index (χ1v) is 6.94. The number of nitrogens with zero attached hydrogens (tertiary/aromatic N) is 1. The number of pyridine rings is 1. The molecule has 0 aliphatic rings. The summed E-state index contributed by atoms with van der Waals surface area (Å²) in [5.74, 6) is 0.925. The lowest BCUT2D eigenvalue weighted by molar-refractivity contribution is 1.10. The average Bonchev–Trinajstić information content (AvgIpc) is 2.81. The van der Waals surface area contributed by atoms with Gasteiger partial charge in [-0.15, -0.1) is 0 Å². The van der Waals surface area contributed by atoms with Crippen LogP contribution in [0, 0.1) is 6.92 Å². The van der Waals surface area contributed by atoms with E-state index in [-0.39, 0.29) is 0 Å². The second kappa shape index (κ2) is 5.05. The van der Waals surface area contributed by atoms with E-state index in [9.17, 15) is 0 Å². The highest BCUT2D eigenvalue weighted by atomic mass is 79.9. The first-order chi connectivity index (χ1) is 9.24. The maximum absolute atomic E-state index is 4.39. The van der Waals surface area contributed by atoms with Crippen molar-refractivity contribution in [3.63, 3.8) is 0 Å². The molecule has 4 heteroatoms. The molecule has 19 heavy (non-hydrogen) atoms. The van der Waals surface area contributed by atoms with E-state index in [1.165, 1.54) is 16.5 Å². The Balaban J connectivity index is 1.82. The van der Waals surface area contributed by atoms with Gasteiger partial charge in [-0.25, -0.2) is 4.98 Å². The number of aromatic nitrogens is 2. The predicted octanol–water partition coefficient (Wildman–Crippen LogP) is 4.25. The van der Waals surface area contributed by atoms with Crippen molar-refractivity contribution in [2.45, 2.75) is 13.5 Å². The van der Waals surface area contributed by atoms with Crippen LogP contribution in [0.5, 0.6) is 0 Å². The predicted molar refractivity (Wildman–Crippen MR) is 82.3 cm³/mol. The van der Waals surface area contributed by atoms with Gasteiger partial charge in [-0.3, -0.25) is 0 Å². The Labute approximate surface area is 120 Å². The number of aromatic amines is 1. The number of benzene rings is 1. The minimum atomic E-state index is 0.763. The SMILES string of the molecule is Cc1cc(Br)cnc1NCc1c[nH]c2ccccc12. The number of aryl methyl sites for hydroxylation is 1. The summed E-state index contributed by atoms with van der Waals surface area (Å²) < 4.78 is 1.00. The molecule has 0 amide bonds. The normalized spacial score (nSPS) is 10.8. The zero-order valence-corrected chi connectivity index (χ0v) is 12.2. The van der Waals surface area contributed by atoms with Crippen LogP contribution in [-0.2, 0) is 6.54 Å². The van der Waals surface area contributed by atoms with Gasteiger partial charge in [0.05, 0.1) is 0 Å². The Hall–Kier alpha value is -1.81. The molecule has 0 bridgehead atoms. The van der Waals surface area contributed by atoms with Crippen molar-refractivity contribution in [3.05, 3.63) is 58.3 Å². The van der Waals surface area contributed by atoms with E-state index in [1.807, 2.05) is 18.5 Å². The van der Waals surface area contributed by atoms with Crippen molar-refractivity contribution < 1.29 is 0 Å². The van der Waals surface area contributed by atoms with Gasteiger partial charge in [0.2, 0.25) is 0 Å². The van der Waals surface area contributed by atoms with Crippen molar-refractivity contribution in [1.82, 2.24) is 9.97 Å². The maximum atomic E-state index is 4.39. The molecule has 0 aliphatic heterocycles. The van der Waals surface area contributed by atoms with Crippen molar-refractivity contribution in [2.75, 3.05) is 5.32 Å². The topological polar surface area (TPSA) is 40.7 Å². The van der Waals surface area contributed by atoms with E-state index >= 15 is 0 Å². The molecule has 2 N–H and O–H groups in total. The Bertz CT molecular complexity index is 718. The lowest BCUT2D eigenvalue weighted by atomic mass is 10.2. The fourth-order valence-corrected chi connectivity index (χ4v) is 2.63. The average molecular weight is 316 g/mol. The minimum absolute atomic E-state index is 0.763. The van der Waals surface area contributed by atoms with Gasteiger partial charge < -0.3 is 10.3 Å². The van der Waals surface area contributed by atoms with Crippen LogP contribution in [0.4, 0.5) is 5.82 Å². The van der Waals surface area contributed by atoms with Crippen LogP contribution in [0.3, 0.4) is 0 Å². The number of hydrogen-bond donors (Lipinski definition) is 2. The van der Waals surface area contributed by atoms with Crippen molar-refractivity contribution in [1.29, 1.82) is 0 Å². The lowest BCUT2D eigenvalue weighted by Gasteiger charge is -2.08. The largest absolute Gasteiger partial charge is 0.366 e. The Morgan fingerprint density at radius 2 is 2.16 bits per heavy atom. The van der Waals surface area contributed by atoms with Crippen LogP contribution in [0.15, 0.2) is 47.2 Å². The van der Waals surface area contributed by atoms with Crippen molar-refractivity contribution in [3.8, 4) is 0 Å². The molecule has 3 rings (SSSR count). The van der Waals surface area contributed by atoms with E-state index < -0.39 is 0 Å². The molecule has 0 saturated heterocycles. The Morgan fingerprint density at radius 1 is 1.32 bits per heavy atom. The summed E-state index contributed by atoms with van der Waals surface area (Å²) in [7, 11) is 0. The molecule has 0 atom stereocenters. The molecule has 2 aromatic heterocycles. The van der Waals surface area contributed by atoms with Crippen molar-refractivity contribution in [2.24, 2.45) is 0 Å². The van der Waals surface area contributed by atoms with E-state index in [4.69, 9.17) is 0 Å². The molecule has 0 saturated carbocycles. The van der Waals surface area contributed by atoms with Crippen LogP contribution in [0.2, 0.25) is 0 Å². The first kappa shape index (κ1) is 12.2. The van der Waals surface area contributed by atoms with Gasteiger partial charge in [0, 0.05) is 34.3 Å². The number of para-hydroxylation sites is 1. The van der Waals surface area contributed by atoms with Crippen LogP contribution in [0.25, 0.3) is 10.9 Å². The highest BCUT2D eigenvalue weighted by Gasteiger charge is 2.04. The summed E-state index contributed by atoms with van der Waals surface area (Å²) in [4.78, 5) is 7.67. The summed E-state index contributed by atoms with van der Waals surface area (Å²) in [6, 6.07) is 10.4. The lowest BCUT2D eigenvalue weighted by Crippen LogP contribution is -2.02. The number of nitrogens with one attached hydrogen (secondary N) is 2. The van der Waals surface area contributed by atoms with Gasteiger partial charge >= 0.3 is 0 Å². The third kappa shape index (κ3) is 2.49. The van der Waals surface area contributed by atoms with Crippen LogP contribution >= 0.6 is 15.9 Å². The third-order valence-electron chi connectivity index (χ3n) is 3.17. The number of rotatable bonds is 3. The van der Waals surface area contributed by atoms with E-state index in [2.05, 4.69) is 62.4 Å². The second-order valence-corrected chi connectivity index (χ2v) is 5.45. The van der Waals surface area contributed by atoms with Gasteiger partial charge in [-0.1, -0.05) is 18.2 Å². The molecule has 1 aromatic carbocycles. The molecule has 0 unspecified atom stereocenters. The van der Waals surface area contributed by atoms with Gasteiger partial charge in [-0.05, 0) is 46.1 Å². The van der Waals surface area contributed by atoms with Gasteiger partial charge in [0.1, 0.15) is 5.82 Å². The number of halogens is 1. The molecular formula is C15H14BrN3. The molecule has 0 fully saturated rings. The molecule has 3 aromatic rings. The highest BCUT2D eigenvalue weighted by molar-refractivity contribution is 9.10. The Kier molecular flexibility index (Phi) is 3.25. The molecule has 0 spiro atoms. The highest BCUT2D eigenvalue weighted by Crippen LogP contribution is 2.21. The molecule has 96 valence electrons. The van der Waals surface area contributed by atoms with Crippen LogP contribution in [-0.4, -0.2) is 9.97 Å². The van der Waals surface area contributed by atoms with E-state index in [0.29, 0.717) is 0 Å². The number of H-pyrrole nitrogens is 1. The summed E-state index contributed by atoms with van der Waals surface area (Å²) in [5, 5.41) is 4.64. The molecule has 3 nitrogen and oxygen atoms in total. The summed E-state index contributed by atoms with van der Waals surface area (Å²) >= 11 is 3.42. The summed E-state index contributed by atoms with van der Waals surface area (Å²) in [5.41, 5.74) is 3.55. The van der Waals surface area contributed by atoms with E-state index in [1.54, 1.807) is 0 Å². The summed E-state index contributed by atoms with van der Waals surface area (Å²) in [6.07, 6.45) is 3.86. The zero-order valence-electron chi connectivity index (χ0n) is 10.6. The quantitative estimate of drug-likeness (QED) is 0.758. The summed E-state index contributed by atoms with van der Waals surface area (Å²) in [6.45, 7) is 2.81. The number of fused-ring (bicyclic) bond motifs is 1. The minimum Gasteiger partial charge on any atom is -0.366 e. The maximum Gasteiger partial charge on any atom is 0.129 e. The van der Waals surface area contributed by atoms with Gasteiger partial charge in [0.15, 0.2) is 0 Å². The Morgan fingerprint density at radius 3 is 3.00 bits per heavy atom. The first-order valence-electron chi connectivity index (χ1n) is 6.15. The standard InChI is InChI=1S/C15H14BrN3/c1-10-6-12(16)9-19-15(10)18-8-11-7-17-14-5-3-2-4-13(11)14/h2-7,9,17H,8H2,1H3,(H,18,19). The smallest absolute Gasteiger partial charge is 0.129 e. The monoisotopic (exact) mass is 315 g/mol. The number of anilines is 1. The zero-order chi connectivity index (χ0) is 13.2. The second-order valence-electron chi connectivity index (χ2n) is 4.53. The van der Waals surface area contributed by atoms with Gasteiger partial charge in [0.25, 0.3) is 0 Å². The van der Waals surface area contributed by atoms with E-state index in [0.717, 1.165) is 22.4 Å². The van der Waals surface area contributed by atoms with Gasteiger partial charge in [-0.2, -0.15) is 0 Å². The van der Waals surface area contributed by atoms with Crippen LogP contribution in [0.1, 0.15) is 11.1 Å². The van der Waals surface area contributed by atoms with Crippen molar-refractivity contribution >= 4 is 32.7 Å². The molecule has 2 heterocycles. The fourth-order valence-electron chi connectivity index (χ4n) is 2.18. The fraction of sp³-hybridized carbons (Fsp3) is 0.133. The number of hydrogen-bond acceptors (Lipinski definition) is 2. The molecule has 0 radical (unpaired) electrons. The third-order valence-corrected chi connectivity index (χ3v) is 3.60. The van der Waals surface area contributed by atoms with Crippen LogP contribution < -0.4 is 5.32 Å².